The van der Waals surface area contributed by atoms with E-state index in [4.69, 9.17) is 10.5 Å². The van der Waals surface area contributed by atoms with Crippen LogP contribution in [0.4, 0.5) is 11.5 Å². The Labute approximate surface area is 143 Å². The first-order valence-corrected chi connectivity index (χ1v) is 8.70. The molecule has 0 aliphatic rings. The number of aromatic nitrogens is 1. The van der Waals surface area contributed by atoms with Crippen molar-refractivity contribution >= 4 is 27.4 Å². The smallest absolute Gasteiger partial charge is 0.367 e. The van der Waals surface area contributed by atoms with Crippen molar-refractivity contribution in [3.63, 3.8) is 0 Å². The minimum atomic E-state index is -4.06. The van der Waals surface area contributed by atoms with Crippen LogP contribution in [-0.4, -0.2) is 37.0 Å². The molecule has 1 amide bonds. The number of para-hydroxylation sites is 1. The summed E-state index contributed by atoms with van der Waals surface area (Å²) in [6.07, 6.45) is 0.800. The molecule has 2 aromatic rings. The summed E-state index contributed by atoms with van der Waals surface area (Å²) >= 11 is 0. The molecule has 0 unspecified atom stereocenters. The quantitative estimate of drug-likeness (QED) is 0.589. The maximum Gasteiger partial charge on any atom is 0.367 e. The van der Waals surface area contributed by atoms with E-state index in [1.54, 1.807) is 30.3 Å². The fourth-order valence-electron chi connectivity index (χ4n) is 1.94. The number of hydrogen-bond donors (Lipinski definition) is 1. The number of carbonyl (C=O) groups excluding carboxylic acids is 1. The van der Waals surface area contributed by atoms with Crippen LogP contribution in [0.1, 0.15) is 0 Å². The Balaban J connectivity index is 2.63. The number of nitro groups is 1. The Hall–Kier alpha value is -3.05. The van der Waals surface area contributed by atoms with Crippen LogP contribution in [0.5, 0.6) is 11.6 Å². The van der Waals surface area contributed by atoms with E-state index in [1.807, 2.05) is 0 Å². The summed E-state index contributed by atoms with van der Waals surface area (Å²) in [6.45, 7) is -0.588. The number of sulfonamides is 1. The lowest BCUT2D eigenvalue weighted by Crippen LogP contribution is -2.40. The van der Waals surface area contributed by atoms with Crippen LogP contribution < -0.4 is 14.8 Å². The number of amides is 1. The van der Waals surface area contributed by atoms with E-state index in [0.29, 0.717) is 4.31 Å². The maximum atomic E-state index is 12.0. The van der Waals surface area contributed by atoms with E-state index in [9.17, 15) is 23.3 Å². The summed E-state index contributed by atoms with van der Waals surface area (Å²) in [5.74, 6) is -1.66. The van der Waals surface area contributed by atoms with Gasteiger partial charge in [0.25, 0.3) is 5.91 Å². The van der Waals surface area contributed by atoms with Crippen molar-refractivity contribution in [1.29, 1.82) is 0 Å². The van der Waals surface area contributed by atoms with E-state index in [-0.39, 0.29) is 11.4 Å². The number of ether oxygens (including phenoxy) is 1. The summed E-state index contributed by atoms with van der Waals surface area (Å²) in [5, 5.41) is 10.9. The average molecular weight is 366 g/mol. The Morgan fingerprint density at radius 1 is 1.28 bits per heavy atom. The van der Waals surface area contributed by atoms with Crippen LogP contribution in [0.15, 0.2) is 42.5 Å². The molecule has 0 atom stereocenters. The highest BCUT2D eigenvalue weighted by atomic mass is 32.2. The molecule has 25 heavy (non-hydrogen) atoms. The van der Waals surface area contributed by atoms with Crippen LogP contribution in [0.2, 0.25) is 0 Å². The lowest BCUT2D eigenvalue weighted by Gasteiger charge is -2.19. The maximum absolute atomic E-state index is 12.0. The Morgan fingerprint density at radius 3 is 2.44 bits per heavy atom. The van der Waals surface area contributed by atoms with Gasteiger partial charge in [0.15, 0.2) is 5.69 Å². The summed E-state index contributed by atoms with van der Waals surface area (Å²) < 4.78 is 29.8. The molecule has 1 aromatic heterocycles. The lowest BCUT2D eigenvalue weighted by molar-refractivity contribution is -0.389. The van der Waals surface area contributed by atoms with Gasteiger partial charge in [0.05, 0.1) is 12.8 Å². The first kappa shape index (κ1) is 18.3. The summed E-state index contributed by atoms with van der Waals surface area (Å²) in [6, 6.07) is 10.1. The molecular formula is C14H14N4O6S. The highest BCUT2D eigenvalue weighted by Gasteiger charge is 2.31. The summed E-state index contributed by atoms with van der Waals surface area (Å²) in [7, 11) is -4.06. The zero-order valence-corrected chi connectivity index (χ0v) is 13.8. The molecule has 132 valence electrons. The zero-order chi connectivity index (χ0) is 18.6. The number of anilines is 1. The first-order valence-electron chi connectivity index (χ1n) is 6.85. The van der Waals surface area contributed by atoms with Crippen molar-refractivity contribution in [2.45, 2.75) is 0 Å². The molecule has 0 aliphatic carbocycles. The van der Waals surface area contributed by atoms with Gasteiger partial charge in [-0.25, -0.2) is 8.42 Å². The molecule has 1 heterocycles. The van der Waals surface area contributed by atoms with Gasteiger partial charge < -0.3 is 20.6 Å². The molecule has 0 aliphatic heterocycles. The van der Waals surface area contributed by atoms with Crippen LogP contribution in [0, 0.1) is 10.1 Å². The molecule has 0 spiro atoms. The molecule has 0 bridgehead atoms. The molecular weight excluding hydrogens is 352 g/mol. The van der Waals surface area contributed by atoms with E-state index >= 15 is 0 Å². The molecule has 0 radical (unpaired) electrons. The number of carbonyl (C=O) groups is 1. The van der Waals surface area contributed by atoms with Crippen LogP contribution in [0.3, 0.4) is 0 Å². The van der Waals surface area contributed by atoms with Gasteiger partial charge in [0.2, 0.25) is 10.0 Å². The number of pyridine rings is 1. The van der Waals surface area contributed by atoms with E-state index in [0.717, 1.165) is 18.4 Å². The standard InChI is InChI=1S/C14H14N4O6S/c1-25(22,23)17(13(19)9-15)11-7-8-12(18(20)21)16-14(11)24-10-5-3-2-4-6-10/h2-8H,9,15H2,1H3. The monoisotopic (exact) mass is 366 g/mol. The predicted octanol–water partition coefficient (Wildman–Crippen LogP) is 1.03. The van der Waals surface area contributed by atoms with Gasteiger partial charge in [-0.1, -0.05) is 18.2 Å². The van der Waals surface area contributed by atoms with E-state index < -0.39 is 39.1 Å². The first-order chi connectivity index (χ1) is 11.7. The molecule has 2 rings (SSSR count). The zero-order valence-electron chi connectivity index (χ0n) is 13.0. The third-order valence-corrected chi connectivity index (χ3v) is 3.99. The van der Waals surface area contributed by atoms with Crippen molar-refractivity contribution in [2.24, 2.45) is 5.73 Å². The second-order valence-electron chi connectivity index (χ2n) is 4.79. The van der Waals surface area contributed by atoms with Gasteiger partial charge in [0.1, 0.15) is 5.75 Å². The molecule has 0 saturated heterocycles. The number of nitrogens with zero attached hydrogens (tertiary/aromatic N) is 3. The summed E-state index contributed by atoms with van der Waals surface area (Å²) in [5.41, 5.74) is 4.99. The average Bonchev–Trinajstić information content (AvgIpc) is 2.55. The summed E-state index contributed by atoms with van der Waals surface area (Å²) in [4.78, 5) is 25.9. The van der Waals surface area contributed by atoms with Crippen molar-refractivity contribution in [2.75, 3.05) is 17.1 Å². The Kier molecular flexibility index (Phi) is 5.29. The molecule has 1 aromatic carbocycles. The normalized spacial score (nSPS) is 11.0. The second kappa shape index (κ2) is 7.23. The number of rotatable bonds is 6. The fraction of sp³-hybridized carbons (Fsp3) is 0.143. The molecule has 11 heteroatoms. The van der Waals surface area contributed by atoms with Crippen LogP contribution in [-0.2, 0) is 14.8 Å². The topological polar surface area (TPSA) is 146 Å². The number of benzene rings is 1. The van der Waals surface area contributed by atoms with Gasteiger partial charge in [-0.15, -0.1) is 0 Å². The molecule has 0 fully saturated rings. The minimum absolute atomic E-state index is 0.255. The predicted molar refractivity (Wildman–Crippen MR) is 88.8 cm³/mol. The van der Waals surface area contributed by atoms with Gasteiger partial charge >= 0.3 is 11.7 Å². The second-order valence-corrected chi connectivity index (χ2v) is 6.62. The largest absolute Gasteiger partial charge is 0.419 e. The Morgan fingerprint density at radius 2 is 1.92 bits per heavy atom. The molecule has 10 nitrogen and oxygen atoms in total. The number of hydrogen-bond acceptors (Lipinski definition) is 8. The SMILES string of the molecule is CS(=O)(=O)N(C(=O)CN)c1ccc([N+](=O)[O-])nc1Oc1ccccc1. The van der Waals surface area contributed by atoms with Crippen molar-refractivity contribution < 1.29 is 22.9 Å². The lowest BCUT2D eigenvalue weighted by atomic mass is 10.3. The van der Waals surface area contributed by atoms with Crippen molar-refractivity contribution in [3.05, 3.63) is 52.6 Å². The molecule has 0 saturated carbocycles. The van der Waals surface area contributed by atoms with Gasteiger partial charge in [-0.05, 0) is 23.1 Å². The third kappa shape index (κ3) is 4.28. The highest BCUT2D eigenvalue weighted by molar-refractivity contribution is 7.92. The molecule has 2 N–H and O–H groups in total. The van der Waals surface area contributed by atoms with Crippen molar-refractivity contribution in [3.8, 4) is 11.6 Å². The van der Waals surface area contributed by atoms with E-state index in [2.05, 4.69) is 4.98 Å². The van der Waals surface area contributed by atoms with Crippen LogP contribution >= 0.6 is 0 Å². The van der Waals surface area contributed by atoms with Crippen molar-refractivity contribution in [1.82, 2.24) is 4.98 Å². The Bertz CT molecular complexity index is 901. The fourth-order valence-corrected chi connectivity index (χ4v) is 2.88. The van der Waals surface area contributed by atoms with Gasteiger partial charge in [-0.3, -0.25) is 4.79 Å². The van der Waals surface area contributed by atoms with Gasteiger partial charge in [-0.2, -0.15) is 4.31 Å². The highest BCUT2D eigenvalue weighted by Crippen LogP contribution is 2.33. The minimum Gasteiger partial charge on any atom is -0.419 e. The number of nitrogens with two attached hydrogens (primary N) is 1. The van der Waals surface area contributed by atoms with E-state index in [1.165, 1.54) is 0 Å². The third-order valence-electron chi connectivity index (χ3n) is 2.92. The van der Waals surface area contributed by atoms with Crippen LogP contribution in [0.25, 0.3) is 0 Å². The van der Waals surface area contributed by atoms with Gasteiger partial charge in [0, 0.05) is 11.1 Å².